The van der Waals surface area contributed by atoms with E-state index < -0.39 is 11.6 Å². The molecule has 2 aromatic carbocycles. The second-order valence-electron chi connectivity index (χ2n) is 4.72. The average molecular weight is 356 g/mol. The molecule has 2 rings (SSSR count). The largest absolute Gasteiger partial charge is 0.496 e. The summed E-state index contributed by atoms with van der Waals surface area (Å²) in [6.45, 7) is 0. The number of rotatable bonds is 5. The summed E-state index contributed by atoms with van der Waals surface area (Å²) < 4.78 is 32.7. The van der Waals surface area contributed by atoms with Crippen LogP contribution in [-0.4, -0.2) is 14.2 Å². The predicted octanol–water partition coefficient (Wildman–Crippen LogP) is 4.24. The number of ether oxygens (including phenoxy) is 1. The van der Waals surface area contributed by atoms with E-state index >= 15 is 0 Å². The summed E-state index contributed by atoms with van der Waals surface area (Å²) in [5, 5.41) is 3.09. The SMILES string of the molecule is CNC(Cc1ccc(OC)c(Br)c1)c1cc(F)cc(F)c1. The summed E-state index contributed by atoms with van der Waals surface area (Å²) in [6.07, 6.45) is 0.613. The smallest absolute Gasteiger partial charge is 0.133 e. The molecular weight excluding hydrogens is 340 g/mol. The van der Waals surface area contributed by atoms with E-state index in [1.165, 1.54) is 12.1 Å². The summed E-state index contributed by atoms with van der Waals surface area (Å²) in [6, 6.07) is 9.14. The zero-order chi connectivity index (χ0) is 15.4. The lowest BCUT2D eigenvalue weighted by molar-refractivity contribution is 0.412. The van der Waals surface area contributed by atoms with Crippen LogP contribution in [0.4, 0.5) is 8.78 Å². The van der Waals surface area contributed by atoms with E-state index in [-0.39, 0.29) is 6.04 Å². The van der Waals surface area contributed by atoms with Crippen LogP contribution in [0, 0.1) is 11.6 Å². The van der Waals surface area contributed by atoms with Crippen molar-refractivity contribution in [1.82, 2.24) is 5.32 Å². The van der Waals surface area contributed by atoms with Crippen molar-refractivity contribution in [1.29, 1.82) is 0 Å². The van der Waals surface area contributed by atoms with Crippen LogP contribution in [0.15, 0.2) is 40.9 Å². The van der Waals surface area contributed by atoms with Gasteiger partial charge in [0.1, 0.15) is 17.4 Å². The first-order valence-electron chi connectivity index (χ1n) is 6.49. The second kappa shape index (κ2) is 7.00. The lowest BCUT2D eigenvalue weighted by Crippen LogP contribution is -2.19. The third kappa shape index (κ3) is 4.02. The molecule has 0 fully saturated rings. The van der Waals surface area contributed by atoms with Gasteiger partial charge in [-0.1, -0.05) is 6.07 Å². The molecule has 0 aliphatic heterocycles. The van der Waals surface area contributed by atoms with Gasteiger partial charge in [0.15, 0.2) is 0 Å². The van der Waals surface area contributed by atoms with E-state index in [0.29, 0.717) is 12.0 Å². The maximum absolute atomic E-state index is 13.3. The van der Waals surface area contributed by atoms with Crippen molar-refractivity contribution >= 4 is 15.9 Å². The highest BCUT2D eigenvalue weighted by Gasteiger charge is 2.13. The molecule has 0 saturated carbocycles. The standard InChI is InChI=1S/C16H16BrF2NO/c1-20-15(11-7-12(18)9-13(19)8-11)6-10-3-4-16(21-2)14(17)5-10/h3-5,7-9,15,20H,6H2,1-2H3. The molecule has 21 heavy (non-hydrogen) atoms. The summed E-state index contributed by atoms with van der Waals surface area (Å²) >= 11 is 3.43. The number of halogens is 3. The number of benzene rings is 2. The number of likely N-dealkylation sites (N-methyl/N-ethyl adjacent to an activating group) is 1. The number of nitrogens with one attached hydrogen (secondary N) is 1. The van der Waals surface area contributed by atoms with Crippen molar-refractivity contribution in [2.24, 2.45) is 0 Å². The van der Waals surface area contributed by atoms with E-state index in [1.54, 1.807) is 14.2 Å². The molecule has 0 aliphatic carbocycles. The fraction of sp³-hybridized carbons (Fsp3) is 0.250. The Morgan fingerprint density at radius 3 is 2.33 bits per heavy atom. The Labute approximate surface area is 131 Å². The zero-order valence-electron chi connectivity index (χ0n) is 11.8. The highest BCUT2D eigenvalue weighted by atomic mass is 79.9. The molecule has 0 aromatic heterocycles. The molecule has 0 spiro atoms. The fourth-order valence-corrected chi connectivity index (χ4v) is 2.82. The van der Waals surface area contributed by atoms with Gasteiger partial charge in [0.25, 0.3) is 0 Å². The maximum atomic E-state index is 13.3. The third-order valence-corrected chi connectivity index (χ3v) is 3.91. The maximum Gasteiger partial charge on any atom is 0.133 e. The van der Waals surface area contributed by atoms with E-state index in [4.69, 9.17) is 4.74 Å². The Bertz CT molecular complexity index is 613. The Balaban J connectivity index is 2.24. The zero-order valence-corrected chi connectivity index (χ0v) is 13.4. The van der Waals surface area contributed by atoms with Crippen molar-refractivity contribution in [3.05, 3.63) is 63.6 Å². The van der Waals surface area contributed by atoms with Crippen LogP contribution >= 0.6 is 15.9 Å². The molecule has 2 nitrogen and oxygen atoms in total. The first-order chi connectivity index (χ1) is 10.0. The van der Waals surface area contributed by atoms with Gasteiger partial charge in [-0.15, -0.1) is 0 Å². The van der Waals surface area contributed by atoms with Crippen molar-refractivity contribution in [3.63, 3.8) is 0 Å². The normalized spacial score (nSPS) is 12.2. The lowest BCUT2D eigenvalue weighted by Gasteiger charge is -2.17. The molecule has 0 radical (unpaired) electrons. The van der Waals surface area contributed by atoms with Crippen LogP contribution in [0.5, 0.6) is 5.75 Å². The van der Waals surface area contributed by atoms with E-state index in [2.05, 4.69) is 21.2 Å². The molecule has 5 heteroatoms. The Morgan fingerprint density at radius 1 is 1.14 bits per heavy atom. The van der Waals surface area contributed by atoms with Crippen LogP contribution in [0.1, 0.15) is 17.2 Å². The van der Waals surface area contributed by atoms with Gasteiger partial charge in [-0.2, -0.15) is 0 Å². The highest BCUT2D eigenvalue weighted by molar-refractivity contribution is 9.10. The Kier molecular flexibility index (Phi) is 5.31. The van der Waals surface area contributed by atoms with Crippen LogP contribution in [-0.2, 0) is 6.42 Å². The number of methoxy groups -OCH3 is 1. The Hall–Kier alpha value is -1.46. The first-order valence-corrected chi connectivity index (χ1v) is 7.28. The van der Waals surface area contributed by atoms with E-state index in [1.807, 2.05) is 18.2 Å². The molecule has 112 valence electrons. The number of hydrogen-bond acceptors (Lipinski definition) is 2. The molecular formula is C16H16BrF2NO. The van der Waals surface area contributed by atoms with Gasteiger partial charge in [-0.3, -0.25) is 0 Å². The van der Waals surface area contributed by atoms with Gasteiger partial charge in [-0.05, 0) is 64.8 Å². The van der Waals surface area contributed by atoms with Crippen LogP contribution < -0.4 is 10.1 Å². The molecule has 0 saturated heterocycles. The second-order valence-corrected chi connectivity index (χ2v) is 5.57. The molecule has 1 unspecified atom stereocenters. The van der Waals surface area contributed by atoms with Crippen molar-refractivity contribution in [2.45, 2.75) is 12.5 Å². The molecule has 0 aliphatic rings. The van der Waals surface area contributed by atoms with Crippen LogP contribution in [0.3, 0.4) is 0 Å². The van der Waals surface area contributed by atoms with E-state index in [9.17, 15) is 8.78 Å². The van der Waals surface area contributed by atoms with Gasteiger partial charge in [0.2, 0.25) is 0 Å². The monoisotopic (exact) mass is 355 g/mol. The molecule has 0 bridgehead atoms. The molecule has 1 atom stereocenters. The van der Waals surface area contributed by atoms with Crippen molar-refractivity contribution < 1.29 is 13.5 Å². The van der Waals surface area contributed by atoms with Gasteiger partial charge in [0, 0.05) is 12.1 Å². The third-order valence-electron chi connectivity index (χ3n) is 3.29. The topological polar surface area (TPSA) is 21.3 Å². The highest BCUT2D eigenvalue weighted by Crippen LogP contribution is 2.28. The van der Waals surface area contributed by atoms with E-state index in [0.717, 1.165) is 21.9 Å². The minimum Gasteiger partial charge on any atom is -0.496 e. The van der Waals surface area contributed by atoms with Crippen molar-refractivity contribution in [3.8, 4) is 5.75 Å². The minimum atomic E-state index is -0.568. The first kappa shape index (κ1) is 15.9. The number of hydrogen-bond donors (Lipinski definition) is 1. The van der Waals surface area contributed by atoms with Crippen molar-refractivity contribution in [2.75, 3.05) is 14.2 Å². The summed E-state index contributed by atoms with van der Waals surface area (Å²) in [5.74, 6) is -0.390. The minimum absolute atomic E-state index is 0.171. The average Bonchev–Trinajstić information content (AvgIpc) is 2.43. The van der Waals surface area contributed by atoms with Gasteiger partial charge in [0.05, 0.1) is 11.6 Å². The summed E-state index contributed by atoms with van der Waals surface area (Å²) in [5.41, 5.74) is 1.62. The van der Waals surface area contributed by atoms with Gasteiger partial charge >= 0.3 is 0 Å². The fourth-order valence-electron chi connectivity index (χ4n) is 2.24. The molecule has 1 N–H and O–H groups in total. The molecule has 0 heterocycles. The summed E-state index contributed by atoms with van der Waals surface area (Å²) in [4.78, 5) is 0. The summed E-state index contributed by atoms with van der Waals surface area (Å²) in [7, 11) is 3.37. The Morgan fingerprint density at radius 2 is 1.81 bits per heavy atom. The van der Waals surface area contributed by atoms with Gasteiger partial charge < -0.3 is 10.1 Å². The molecule has 0 amide bonds. The quantitative estimate of drug-likeness (QED) is 0.865. The predicted molar refractivity (Wildman–Crippen MR) is 82.6 cm³/mol. The lowest BCUT2D eigenvalue weighted by atomic mass is 9.98. The van der Waals surface area contributed by atoms with Crippen LogP contribution in [0.25, 0.3) is 0 Å². The molecule has 2 aromatic rings. The van der Waals surface area contributed by atoms with Gasteiger partial charge in [-0.25, -0.2) is 8.78 Å². The van der Waals surface area contributed by atoms with Crippen LogP contribution in [0.2, 0.25) is 0 Å².